The van der Waals surface area contributed by atoms with E-state index in [1.165, 1.54) is 43.5 Å². The molecule has 19 heavy (non-hydrogen) atoms. The van der Waals surface area contributed by atoms with Crippen molar-refractivity contribution in [2.24, 2.45) is 5.92 Å². The van der Waals surface area contributed by atoms with Crippen LogP contribution in [0.4, 0.5) is 0 Å². The molecule has 0 spiro atoms. The van der Waals surface area contributed by atoms with Gasteiger partial charge in [0.05, 0.1) is 5.69 Å². The number of nitrogens with one attached hydrogen (secondary N) is 1. The zero-order chi connectivity index (χ0) is 13.7. The topological polar surface area (TPSA) is 29.9 Å². The van der Waals surface area contributed by atoms with Crippen molar-refractivity contribution in [3.05, 3.63) is 17.5 Å². The van der Waals surface area contributed by atoms with E-state index in [9.17, 15) is 0 Å². The van der Waals surface area contributed by atoms with Crippen LogP contribution in [-0.4, -0.2) is 22.4 Å². The van der Waals surface area contributed by atoms with Crippen molar-refractivity contribution in [3.63, 3.8) is 0 Å². The second-order valence-electron chi connectivity index (χ2n) is 5.75. The lowest BCUT2D eigenvalue weighted by Gasteiger charge is -2.21. The normalized spacial score (nSPS) is 23.1. The molecule has 0 aromatic carbocycles. The summed E-state index contributed by atoms with van der Waals surface area (Å²) in [6.07, 6.45) is 7.58. The van der Waals surface area contributed by atoms with Crippen molar-refractivity contribution in [2.75, 3.05) is 6.54 Å². The molecule has 108 valence electrons. The summed E-state index contributed by atoms with van der Waals surface area (Å²) in [6, 6.07) is 3.05. The molecule has 0 bridgehead atoms. The highest BCUT2D eigenvalue weighted by atomic mass is 15.3. The molecule has 3 heteroatoms. The van der Waals surface area contributed by atoms with E-state index >= 15 is 0 Å². The fourth-order valence-electron chi connectivity index (χ4n) is 3.27. The Morgan fingerprint density at radius 1 is 1.32 bits per heavy atom. The molecular formula is C16H29N3. The van der Waals surface area contributed by atoms with E-state index in [1.54, 1.807) is 0 Å². The van der Waals surface area contributed by atoms with Crippen LogP contribution in [0.25, 0.3) is 0 Å². The fourth-order valence-corrected chi connectivity index (χ4v) is 3.27. The molecule has 1 heterocycles. The van der Waals surface area contributed by atoms with Crippen LogP contribution in [0.3, 0.4) is 0 Å². The van der Waals surface area contributed by atoms with Gasteiger partial charge in [0.2, 0.25) is 0 Å². The van der Waals surface area contributed by atoms with E-state index in [-0.39, 0.29) is 0 Å². The van der Waals surface area contributed by atoms with Gasteiger partial charge in [-0.1, -0.05) is 20.3 Å². The molecule has 1 saturated carbocycles. The molecule has 2 unspecified atom stereocenters. The summed E-state index contributed by atoms with van der Waals surface area (Å²) >= 11 is 0. The summed E-state index contributed by atoms with van der Waals surface area (Å²) in [7, 11) is 0. The monoisotopic (exact) mass is 263 g/mol. The van der Waals surface area contributed by atoms with E-state index in [0.29, 0.717) is 0 Å². The van der Waals surface area contributed by atoms with Crippen molar-refractivity contribution >= 4 is 0 Å². The SMILES string of the molecule is CCCNC1CCCC1Cc1cc(CC)nn1CC. The second-order valence-corrected chi connectivity index (χ2v) is 5.75. The van der Waals surface area contributed by atoms with Crippen molar-refractivity contribution in [1.82, 2.24) is 15.1 Å². The van der Waals surface area contributed by atoms with Crippen molar-refractivity contribution in [3.8, 4) is 0 Å². The third-order valence-electron chi connectivity index (χ3n) is 4.36. The number of rotatable bonds is 7. The molecule has 1 aromatic heterocycles. The number of hydrogen-bond acceptors (Lipinski definition) is 2. The van der Waals surface area contributed by atoms with Gasteiger partial charge in [-0.3, -0.25) is 4.68 Å². The third kappa shape index (κ3) is 3.59. The standard InChI is InChI=1S/C16H29N3/c1-4-10-17-16-9-7-8-13(16)11-15-12-14(5-2)18-19(15)6-3/h12-13,16-17H,4-11H2,1-3H3. The molecular weight excluding hydrogens is 234 g/mol. The van der Waals surface area contributed by atoms with Gasteiger partial charge in [-0.15, -0.1) is 0 Å². The Labute approximate surface area is 117 Å². The predicted molar refractivity (Wildman–Crippen MR) is 80.4 cm³/mol. The maximum atomic E-state index is 4.67. The maximum absolute atomic E-state index is 4.67. The highest BCUT2D eigenvalue weighted by molar-refractivity contribution is 5.12. The van der Waals surface area contributed by atoms with E-state index < -0.39 is 0 Å². The summed E-state index contributed by atoms with van der Waals surface area (Å²) in [6.45, 7) is 8.78. The highest BCUT2D eigenvalue weighted by Crippen LogP contribution is 2.29. The van der Waals surface area contributed by atoms with Gasteiger partial charge in [-0.2, -0.15) is 5.10 Å². The average molecular weight is 263 g/mol. The van der Waals surface area contributed by atoms with Gasteiger partial charge in [0, 0.05) is 18.3 Å². The highest BCUT2D eigenvalue weighted by Gasteiger charge is 2.27. The lowest BCUT2D eigenvalue weighted by atomic mass is 9.97. The molecule has 0 amide bonds. The molecule has 2 atom stereocenters. The predicted octanol–water partition coefficient (Wildman–Crippen LogP) is 3.18. The van der Waals surface area contributed by atoms with Crippen molar-refractivity contribution in [1.29, 1.82) is 0 Å². The first-order chi connectivity index (χ1) is 9.28. The largest absolute Gasteiger partial charge is 0.314 e. The number of nitrogens with zero attached hydrogens (tertiary/aromatic N) is 2. The van der Waals surface area contributed by atoms with Crippen LogP contribution in [-0.2, 0) is 19.4 Å². The summed E-state index contributed by atoms with van der Waals surface area (Å²) in [5.41, 5.74) is 2.68. The number of hydrogen-bond donors (Lipinski definition) is 1. The van der Waals surface area contributed by atoms with E-state index in [2.05, 4.69) is 41.9 Å². The van der Waals surface area contributed by atoms with Crippen LogP contribution in [0.2, 0.25) is 0 Å². The Kier molecular flexibility index (Phi) is 5.44. The summed E-state index contributed by atoms with van der Waals surface area (Å²) in [4.78, 5) is 0. The van der Waals surface area contributed by atoms with Crippen molar-refractivity contribution < 1.29 is 0 Å². The lowest BCUT2D eigenvalue weighted by molar-refractivity contribution is 0.389. The van der Waals surface area contributed by atoms with Crippen LogP contribution in [0.1, 0.15) is 57.8 Å². The first-order valence-electron chi connectivity index (χ1n) is 8.07. The molecule has 3 nitrogen and oxygen atoms in total. The quantitative estimate of drug-likeness (QED) is 0.819. The fraction of sp³-hybridized carbons (Fsp3) is 0.812. The Bertz CT molecular complexity index is 383. The molecule has 1 aromatic rings. The van der Waals surface area contributed by atoms with E-state index in [4.69, 9.17) is 0 Å². The zero-order valence-corrected chi connectivity index (χ0v) is 12.8. The second kappa shape index (κ2) is 7.09. The molecule has 1 aliphatic carbocycles. The Morgan fingerprint density at radius 2 is 2.16 bits per heavy atom. The van der Waals surface area contributed by atoms with Gasteiger partial charge in [0.1, 0.15) is 0 Å². The molecule has 1 N–H and O–H groups in total. The summed E-state index contributed by atoms with van der Waals surface area (Å²) in [5, 5.41) is 8.40. The average Bonchev–Trinajstić information content (AvgIpc) is 3.03. The number of aryl methyl sites for hydroxylation is 2. The van der Waals surface area contributed by atoms with Gasteiger partial charge in [0.25, 0.3) is 0 Å². The van der Waals surface area contributed by atoms with Gasteiger partial charge >= 0.3 is 0 Å². The Hall–Kier alpha value is -0.830. The van der Waals surface area contributed by atoms with E-state index in [1.807, 2.05) is 0 Å². The minimum atomic E-state index is 0.727. The van der Waals surface area contributed by atoms with Crippen LogP contribution in [0, 0.1) is 5.92 Å². The number of aromatic nitrogens is 2. The molecule has 1 fully saturated rings. The Morgan fingerprint density at radius 3 is 2.84 bits per heavy atom. The Balaban J connectivity index is 2.00. The molecule has 0 radical (unpaired) electrons. The molecule has 1 aliphatic rings. The zero-order valence-electron chi connectivity index (χ0n) is 12.8. The van der Waals surface area contributed by atoms with Gasteiger partial charge in [-0.25, -0.2) is 0 Å². The molecule has 2 rings (SSSR count). The molecule has 0 saturated heterocycles. The van der Waals surface area contributed by atoms with Gasteiger partial charge in [0.15, 0.2) is 0 Å². The smallest absolute Gasteiger partial charge is 0.0624 e. The third-order valence-corrected chi connectivity index (χ3v) is 4.36. The summed E-state index contributed by atoms with van der Waals surface area (Å²) < 4.78 is 2.20. The van der Waals surface area contributed by atoms with Gasteiger partial charge < -0.3 is 5.32 Å². The molecule has 0 aliphatic heterocycles. The maximum Gasteiger partial charge on any atom is 0.0624 e. The first-order valence-corrected chi connectivity index (χ1v) is 8.07. The van der Waals surface area contributed by atoms with Crippen LogP contribution in [0.5, 0.6) is 0 Å². The summed E-state index contributed by atoms with van der Waals surface area (Å²) in [5.74, 6) is 0.804. The first kappa shape index (κ1) is 14.6. The van der Waals surface area contributed by atoms with Gasteiger partial charge in [-0.05, 0) is 57.6 Å². The lowest BCUT2D eigenvalue weighted by Crippen LogP contribution is -2.34. The van der Waals surface area contributed by atoms with Crippen molar-refractivity contribution in [2.45, 2.75) is 71.9 Å². The van der Waals surface area contributed by atoms with Crippen LogP contribution in [0.15, 0.2) is 6.07 Å². The van der Waals surface area contributed by atoms with Crippen LogP contribution >= 0.6 is 0 Å². The van der Waals surface area contributed by atoms with E-state index in [0.717, 1.165) is 31.5 Å². The van der Waals surface area contributed by atoms with Crippen LogP contribution < -0.4 is 5.32 Å². The minimum absolute atomic E-state index is 0.727. The minimum Gasteiger partial charge on any atom is -0.314 e.